The maximum atomic E-state index is 6.45. The zero-order valence-corrected chi connectivity index (χ0v) is 22.6. The third-order valence-electron chi connectivity index (χ3n) is 8.44. The van der Waals surface area contributed by atoms with Gasteiger partial charge < -0.3 is 9.47 Å². The minimum absolute atomic E-state index is 0.0637. The third kappa shape index (κ3) is 3.63. The molecule has 7 aromatic rings. The van der Waals surface area contributed by atoms with Crippen molar-refractivity contribution in [1.82, 2.24) is 9.55 Å². The summed E-state index contributed by atoms with van der Waals surface area (Å²) in [5.74, 6) is 3.05. The molecule has 42 heavy (non-hydrogen) atoms. The van der Waals surface area contributed by atoms with Crippen LogP contribution in [0.4, 0.5) is 0 Å². The maximum absolute atomic E-state index is 6.45. The topological polar surface area (TPSA) is 48.6 Å². The number of nitrogens with zero attached hydrogens (tertiary/aromatic N) is 3. The summed E-state index contributed by atoms with van der Waals surface area (Å²) in [5.41, 5.74) is 6.65. The van der Waals surface area contributed by atoms with E-state index in [1.807, 2.05) is 42.5 Å². The highest BCUT2D eigenvalue weighted by molar-refractivity contribution is 6.09. The van der Waals surface area contributed by atoms with Crippen molar-refractivity contribution in [3.05, 3.63) is 144 Å². The molecule has 2 atom stereocenters. The van der Waals surface area contributed by atoms with E-state index in [4.69, 9.17) is 19.5 Å². The van der Waals surface area contributed by atoms with Gasteiger partial charge >= 0.3 is 0 Å². The van der Waals surface area contributed by atoms with Gasteiger partial charge in [0, 0.05) is 34.2 Å². The molecular formula is C37H25N3O2. The minimum Gasteiger partial charge on any atom is -0.471 e. The maximum Gasteiger partial charge on any atom is 0.217 e. The zero-order chi connectivity index (χ0) is 27.6. The smallest absolute Gasteiger partial charge is 0.217 e. The van der Waals surface area contributed by atoms with Crippen LogP contribution in [0.25, 0.3) is 38.5 Å². The van der Waals surface area contributed by atoms with Crippen molar-refractivity contribution in [1.29, 1.82) is 0 Å². The second-order valence-corrected chi connectivity index (χ2v) is 11.0. The molecule has 200 valence electrons. The number of pyridine rings is 1. The number of hydrogen-bond donors (Lipinski definition) is 0. The van der Waals surface area contributed by atoms with Gasteiger partial charge in [-0.2, -0.15) is 0 Å². The Kier molecular flexibility index (Phi) is 5.02. The van der Waals surface area contributed by atoms with Gasteiger partial charge in [0.2, 0.25) is 5.90 Å². The fourth-order valence-corrected chi connectivity index (χ4v) is 6.51. The number of benzene rings is 5. The number of fused-ring (bicyclic) bond motifs is 7. The molecule has 0 N–H and O–H groups in total. The highest BCUT2D eigenvalue weighted by atomic mass is 16.5. The van der Waals surface area contributed by atoms with Crippen LogP contribution in [0.2, 0.25) is 0 Å². The Morgan fingerprint density at radius 3 is 2.52 bits per heavy atom. The van der Waals surface area contributed by atoms with Crippen LogP contribution < -0.4 is 4.74 Å². The molecular weight excluding hydrogens is 518 g/mol. The van der Waals surface area contributed by atoms with Crippen molar-refractivity contribution in [2.75, 3.05) is 0 Å². The van der Waals surface area contributed by atoms with E-state index in [0.29, 0.717) is 5.90 Å². The average Bonchev–Trinajstić information content (AvgIpc) is 3.70. The summed E-state index contributed by atoms with van der Waals surface area (Å²) in [7, 11) is 0. The lowest BCUT2D eigenvalue weighted by Crippen LogP contribution is -2.13. The van der Waals surface area contributed by atoms with E-state index < -0.39 is 0 Å². The summed E-state index contributed by atoms with van der Waals surface area (Å²) in [6, 6.07) is 43.7. The number of para-hydroxylation sites is 2. The van der Waals surface area contributed by atoms with Gasteiger partial charge in [-0.15, -0.1) is 0 Å². The van der Waals surface area contributed by atoms with Crippen molar-refractivity contribution in [2.24, 2.45) is 4.99 Å². The van der Waals surface area contributed by atoms with Crippen molar-refractivity contribution < 1.29 is 9.47 Å². The van der Waals surface area contributed by atoms with E-state index in [-0.39, 0.29) is 12.1 Å². The fourth-order valence-electron chi connectivity index (χ4n) is 6.51. The molecule has 5 nitrogen and oxygen atoms in total. The number of rotatable bonds is 4. The molecule has 2 aliphatic rings. The lowest BCUT2D eigenvalue weighted by Gasteiger charge is -2.11. The highest BCUT2D eigenvalue weighted by Gasteiger charge is 2.39. The summed E-state index contributed by atoms with van der Waals surface area (Å²) < 4.78 is 15.0. The lowest BCUT2D eigenvalue weighted by atomic mass is 10.1. The van der Waals surface area contributed by atoms with Gasteiger partial charge in [-0.25, -0.2) is 9.98 Å². The van der Waals surface area contributed by atoms with Crippen LogP contribution in [0.5, 0.6) is 11.5 Å². The minimum atomic E-state index is 0.0637. The number of aromatic nitrogens is 2. The standard InChI is InChI=1S/C37H25N3O2/c1-3-12-28-24(9-1)21-34-36(28)39-37(42-34)25-10-7-11-26(20-25)41-27-17-18-30-29-13-4-6-15-32(29)40(33(30)22-27)35-19-16-23-8-2-5-14-31(23)38-35/h1-20,22,34,36H,21H2/t34-,36+/m0/s1. The Morgan fingerprint density at radius 1 is 0.690 bits per heavy atom. The number of hydrogen-bond acceptors (Lipinski definition) is 4. The van der Waals surface area contributed by atoms with Crippen LogP contribution in [-0.4, -0.2) is 21.6 Å². The third-order valence-corrected chi connectivity index (χ3v) is 8.44. The molecule has 1 aliphatic heterocycles. The SMILES string of the molecule is c1cc(Oc2ccc3c4ccccc4n(-c4ccc5ccccc5n4)c3c2)cc(C2=N[C@@H]3c4ccccc4C[C@@H]3O2)c1. The molecule has 0 spiro atoms. The largest absolute Gasteiger partial charge is 0.471 e. The van der Waals surface area contributed by atoms with Crippen molar-refractivity contribution in [3.8, 4) is 17.3 Å². The van der Waals surface area contributed by atoms with Gasteiger partial charge in [-0.3, -0.25) is 4.57 Å². The Bertz CT molecular complexity index is 2210. The van der Waals surface area contributed by atoms with Crippen LogP contribution in [0, 0.1) is 0 Å². The summed E-state index contributed by atoms with van der Waals surface area (Å²) >= 11 is 0. The molecule has 0 radical (unpaired) electrons. The molecule has 1 aliphatic carbocycles. The average molecular weight is 544 g/mol. The summed E-state index contributed by atoms with van der Waals surface area (Å²) in [4.78, 5) is 9.99. The normalized spacial score (nSPS) is 17.3. The van der Waals surface area contributed by atoms with Crippen LogP contribution in [-0.2, 0) is 11.2 Å². The summed E-state index contributed by atoms with van der Waals surface area (Å²) in [6.45, 7) is 0. The van der Waals surface area contributed by atoms with Crippen molar-refractivity contribution >= 4 is 38.6 Å². The van der Waals surface area contributed by atoms with Crippen molar-refractivity contribution in [2.45, 2.75) is 18.6 Å². The molecule has 5 heteroatoms. The van der Waals surface area contributed by atoms with Crippen LogP contribution >= 0.6 is 0 Å². The fraction of sp³-hybridized carbons (Fsp3) is 0.0811. The molecule has 0 unspecified atom stereocenters. The van der Waals surface area contributed by atoms with Crippen LogP contribution in [0.15, 0.2) is 132 Å². The van der Waals surface area contributed by atoms with Gasteiger partial charge in [-0.1, -0.05) is 66.7 Å². The van der Waals surface area contributed by atoms with E-state index >= 15 is 0 Å². The first-order valence-corrected chi connectivity index (χ1v) is 14.3. The first kappa shape index (κ1) is 23.3. The molecule has 0 saturated carbocycles. The van der Waals surface area contributed by atoms with Gasteiger partial charge in [0.05, 0.1) is 16.6 Å². The summed E-state index contributed by atoms with van der Waals surface area (Å²) in [5, 5.41) is 3.45. The lowest BCUT2D eigenvalue weighted by molar-refractivity contribution is 0.206. The van der Waals surface area contributed by atoms with Crippen molar-refractivity contribution in [3.63, 3.8) is 0 Å². The molecule has 3 heterocycles. The Balaban J connectivity index is 1.09. The van der Waals surface area contributed by atoms with E-state index in [0.717, 1.165) is 56.6 Å². The first-order valence-electron chi connectivity index (χ1n) is 14.3. The zero-order valence-electron chi connectivity index (χ0n) is 22.6. The molecule has 0 saturated heterocycles. The van der Waals surface area contributed by atoms with Gasteiger partial charge in [0.1, 0.15) is 29.5 Å². The quantitative estimate of drug-likeness (QED) is 0.223. The van der Waals surface area contributed by atoms with E-state index in [1.165, 1.54) is 16.5 Å². The van der Waals surface area contributed by atoms with Gasteiger partial charge in [0.25, 0.3) is 0 Å². The van der Waals surface area contributed by atoms with Gasteiger partial charge in [0.15, 0.2) is 0 Å². The predicted octanol–water partition coefficient (Wildman–Crippen LogP) is 8.57. The van der Waals surface area contributed by atoms with E-state index in [2.05, 4.69) is 89.5 Å². The molecule has 0 fully saturated rings. The Hall–Kier alpha value is -5.42. The van der Waals surface area contributed by atoms with Gasteiger partial charge in [-0.05, 0) is 65.7 Å². The molecule has 0 amide bonds. The highest BCUT2D eigenvalue weighted by Crippen LogP contribution is 2.41. The van der Waals surface area contributed by atoms with E-state index in [1.54, 1.807) is 0 Å². The van der Waals surface area contributed by atoms with Crippen LogP contribution in [0.1, 0.15) is 22.7 Å². The Morgan fingerprint density at radius 2 is 1.52 bits per heavy atom. The van der Waals surface area contributed by atoms with E-state index in [9.17, 15) is 0 Å². The molecule has 0 bridgehead atoms. The summed E-state index contributed by atoms with van der Waals surface area (Å²) in [6.07, 6.45) is 0.958. The second kappa shape index (κ2) is 9.05. The Labute approximate surface area is 242 Å². The predicted molar refractivity (Wildman–Crippen MR) is 167 cm³/mol. The molecule has 2 aromatic heterocycles. The molecule has 9 rings (SSSR count). The second-order valence-electron chi connectivity index (χ2n) is 11.0. The number of ether oxygens (including phenoxy) is 2. The first-order chi connectivity index (χ1) is 20.8. The number of aliphatic imine (C=N–C) groups is 1. The molecule has 5 aromatic carbocycles. The van der Waals surface area contributed by atoms with Crippen LogP contribution in [0.3, 0.4) is 0 Å². The monoisotopic (exact) mass is 543 g/mol.